The Kier molecular flexibility index (Phi) is 7.74. The van der Waals surface area contributed by atoms with Gasteiger partial charge in [0.1, 0.15) is 11.9 Å². The van der Waals surface area contributed by atoms with Gasteiger partial charge in [-0.05, 0) is 19.1 Å². The summed E-state index contributed by atoms with van der Waals surface area (Å²) in [7, 11) is -1.97. The van der Waals surface area contributed by atoms with Gasteiger partial charge >= 0.3 is 0 Å². The van der Waals surface area contributed by atoms with E-state index in [4.69, 9.17) is 9.47 Å². The second kappa shape index (κ2) is 9.07. The number of amides is 1. The van der Waals surface area contributed by atoms with Gasteiger partial charge in [-0.25, -0.2) is 8.42 Å². The zero-order valence-electron chi connectivity index (χ0n) is 13.5. The average molecular weight is 380 g/mol. The summed E-state index contributed by atoms with van der Waals surface area (Å²) in [5.74, 6) is 0.0179. The topological polar surface area (TPSA) is 106 Å². The van der Waals surface area contributed by atoms with E-state index in [-0.39, 0.29) is 24.1 Å². The van der Waals surface area contributed by atoms with E-state index in [1.54, 1.807) is 25.1 Å². The lowest BCUT2D eigenvalue weighted by Crippen LogP contribution is -2.45. The summed E-state index contributed by atoms with van der Waals surface area (Å²) in [4.78, 5) is 12.1. The van der Waals surface area contributed by atoms with Crippen LogP contribution in [0.5, 0.6) is 5.75 Å². The van der Waals surface area contributed by atoms with E-state index < -0.39 is 16.1 Å². The third-order valence-corrected chi connectivity index (χ3v) is 4.63. The maximum Gasteiger partial charge on any atom is 0.254 e. The van der Waals surface area contributed by atoms with E-state index in [1.807, 2.05) is 0 Å². The second-order valence-corrected chi connectivity index (χ2v) is 6.98. The molecule has 1 unspecified atom stereocenters. The number of nitrogens with one attached hydrogen (secondary N) is 3. The number of hydrogen-bond acceptors (Lipinski definition) is 6. The van der Waals surface area contributed by atoms with Crippen LogP contribution < -0.4 is 20.1 Å². The van der Waals surface area contributed by atoms with Crippen molar-refractivity contribution >= 4 is 39.7 Å². The summed E-state index contributed by atoms with van der Waals surface area (Å²) in [6.45, 7) is 3.21. The molecule has 0 bridgehead atoms. The van der Waals surface area contributed by atoms with Crippen molar-refractivity contribution in [3.05, 3.63) is 18.2 Å². The second-order valence-electron chi connectivity index (χ2n) is 4.97. The Morgan fingerprint density at radius 1 is 1.46 bits per heavy atom. The molecule has 0 aromatic heterocycles. The third kappa shape index (κ3) is 5.52. The largest absolute Gasteiger partial charge is 0.494 e. The zero-order valence-corrected chi connectivity index (χ0v) is 15.1. The van der Waals surface area contributed by atoms with Gasteiger partial charge < -0.3 is 20.1 Å². The first-order valence-electron chi connectivity index (χ1n) is 7.27. The van der Waals surface area contributed by atoms with Crippen molar-refractivity contribution in [3.63, 3.8) is 0 Å². The van der Waals surface area contributed by atoms with Crippen LogP contribution >= 0.6 is 12.4 Å². The van der Waals surface area contributed by atoms with Gasteiger partial charge in [0.05, 0.1) is 25.2 Å². The standard InChI is InChI=1S/C14H21N3O5S.ClH/c1-3-23(19,20)17-11-5-4-10(8-12(11)21-2)16-14(18)13-9-15-6-7-22-13;/h4-5,8,13,15,17H,3,6-7,9H2,1-2H3,(H,16,18);1H. The molecule has 1 heterocycles. The first-order valence-corrected chi connectivity index (χ1v) is 8.92. The Hall–Kier alpha value is -1.55. The molecule has 1 saturated heterocycles. The van der Waals surface area contributed by atoms with E-state index >= 15 is 0 Å². The number of carbonyl (C=O) groups excluding carboxylic acids is 1. The van der Waals surface area contributed by atoms with E-state index in [0.717, 1.165) is 6.54 Å². The van der Waals surface area contributed by atoms with Crippen molar-refractivity contribution in [2.45, 2.75) is 13.0 Å². The summed E-state index contributed by atoms with van der Waals surface area (Å²) in [6.07, 6.45) is -0.548. The molecule has 1 atom stereocenters. The van der Waals surface area contributed by atoms with Crippen LogP contribution in [-0.4, -0.2) is 53.0 Å². The first kappa shape index (κ1) is 20.5. The maximum absolute atomic E-state index is 12.1. The third-order valence-electron chi connectivity index (χ3n) is 3.33. The Labute approximate surface area is 147 Å². The number of anilines is 2. The van der Waals surface area contributed by atoms with Crippen LogP contribution in [0.1, 0.15) is 6.92 Å². The average Bonchev–Trinajstić information content (AvgIpc) is 2.56. The monoisotopic (exact) mass is 379 g/mol. The first-order chi connectivity index (χ1) is 10.9. The molecule has 1 aliphatic heterocycles. The van der Waals surface area contributed by atoms with Gasteiger partial charge in [-0.15, -0.1) is 12.4 Å². The van der Waals surface area contributed by atoms with E-state index in [2.05, 4.69) is 15.4 Å². The Balaban J connectivity index is 0.00000288. The summed E-state index contributed by atoms with van der Waals surface area (Å²) >= 11 is 0. The number of halogens is 1. The number of ether oxygens (including phenoxy) is 2. The fourth-order valence-corrected chi connectivity index (χ4v) is 2.70. The van der Waals surface area contributed by atoms with Crippen LogP contribution in [0.4, 0.5) is 11.4 Å². The highest BCUT2D eigenvalue weighted by Gasteiger charge is 2.22. The molecule has 2 rings (SSSR count). The molecule has 0 radical (unpaired) electrons. The minimum Gasteiger partial charge on any atom is -0.494 e. The molecule has 0 spiro atoms. The minimum absolute atomic E-state index is 0. The van der Waals surface area contributed by atoms with Gasteiger partial charge in [0.25, 0.3) is 5.91 Å². The number of carbonyl (C=O) groups is 1. The fraction of sp³-hybridized carbons (Fsp3) is 0.500. The number of hydrogen-bond donors (Lipinski definition) is 3. The molecule has 1 aromatic rings. The van der Waals surface area contributed by atoms with Crippen molar-refractivity contribution in [3.8, 4) is 5.75 Å². The number of benzene rings is 1. The molecule has 8 nitrogen and oxygen atoms in total. The molecule has 24 heavy (non-hydrogen) atoms. The predicted molar refractivity (Wildman–Crippen MR) is 94.6 cm³/mol. The SMILES string of the molecule is CCS(=O)(=O)Nc1ccc(NC(=O)C2CNCCO2)cc1OC.Cl. The number of morpholine rings is 1. The maximum atomic E-state index is 12.1. The van der Waals surface area contributed by atoms with Crippen LogP contribution in [0.25, 0.3) is 0 Å². The smallest absolute Gasteiger partial charge is 0.254 e. The molecule has 10 heteroatoms. The van der Waals surface area contributed by atoms with Crippen LogP contribution in [0.2, 0.25) is 0 Å². The van der Waals surface area contributed by atoms with Crippen molar-refractivity contribution in [2.24, 2.45) is 0 Å². The summed E-state index contributed by atoms with van der Waals surface area (Å²) in [6, 6.07) is 4.70. The minimum atomic E-state index is -3.40. The van der Waals surface area contributed by atoms with Crippen molar-refractivity contribution in [2.75, 3.05) is 42.6 Å². The zero-order chi connectivity index (χ0) is 16.9. The van der Waals surface area contributed by atoms with E-state index in [0.29, 0.717) is 30.3 Å². The highest BCUT2D eigenvalue weighted by atomic mass is 35.5. The molecule has 3 N–H and O–H groups in total. The van der Waals surface area contributed by atoms with Gasteiger partial charge in [-0.1, -0.05) is 0 Å². The van der Waals surface area contributed by atoms with Gasteiger partial charge in [0, 0.05) is 24.8 Å². The molecular weight excluding hydrogens is 358 g/mol. The molecular formula is C14H22ClN3O5S. The molecule has 0 saturated carbocycles. The summed E-state index contributed by atoms with van der Waals surface area (Å²) in [5, 5.41) is 5.81. The summed E-state index contributed by atoms with van der Waals surface area (Å²) < 4.78 is 36.3. The van der Waals surface area contributed by atoms with Crippen LogP contribution in [-0.2, 0) is 19.6 Å². The van der Waals surface area contributed by atoms with Gasteiger partial charge in [0.2, 0.25) is 10.0 Å². The van der Waals surface area contributed by atoms with Crippen molar-refractivity contribution in [1.29, 1.82) is 0 Å². The number of rotatable bonds is 6. The lowest BCUT2D eigenvalue weighted by Gasteiger charge is -2.23. The van der Waals surface area contributed by atoms with E-state index in [1.165, 1.54) is 7.11 Å². The molecule has 1 aromatic carbocycles. The molecule has 0 aliphatic carbocycles. The number of methoxy groups -OCH3 is 1. The highest BCUT2D eigenvalue weighted by Crippen LogP contribution is 2.29. The fourth-order valence-electron chi connectivity index (χ4n) is 2.05. The lowest BCUT2D eigenvalue weighted by atomic mass is 10.2. The van der Waals surface area contributed by atoms with Crippen LogP contribution in [0.15, 0.2) is 18.2 Å². The van der Waals surface area contributed by atoms with Gasteiger partial charge in [-0.2, -0.15) is 0 Å². The van der Waals surface area contributed by atoms with Gasteiger partial charge in [0.15, 0.2) is 0 Å². The molecule has 1 aliphatic rings. The molecule has 136 valence electrons. The molecule has 1 fully saturated rings. The lowest BCUT2D eigenvalue weighted by molar-refractivity contribution is -0.128. The Bertz CT molecular complexity index is 662. The Morgan fingerprint density at radius 2 is 2.21 bits per heavy atom. The van der Waals surface area contributed by atoms with Crippen molar-refractivity contribution < 1.29 is 22.7 Å². The van der Waals surface area contributed by atoms with Crippen LogP contribution in [0.3, 0.4) is 0 Å². The van der Waals surface area contributed by atoms with E-state index in [9.17, 15) is 13.2 Å². The quantitative estimate of drug-likeness (QED) is 0.675. The normalized spacial score (nSPS) is 17.5. The van der Waals surface area contributed by atoms with Gasteiger partial charge in [-0.3, -0.25) is 9.52 Å². The number of sulfonamides is 1. The predicted octanol–water partition coefficient (Wildman–Crippen LogP) is 0.805. The Morgan fingerprint density at radius 3 is 2.79 bits per heavy atom. The van der Waals surface area contributed by atoms with Crippen LogP contribution in [0, 0.1) is 0 Å². The highest BCUT2D eigenvalue weighted by molar-refractivity contribution is 7.92. The molecule has 1 amide bonds. The van der Waals surface area contributed by atoms with Crippen molar-refractivity contribution in [1.82, 2.24) is 5.32 Å². The summed E-state index contributed by atoms with van der Waals surface area (Å²) in [5.41, 5.74) is 0.823.